The summed E-state index contributed by atoms with van der Waals surface area (Å²) >= 11 is 0. The maximum atomic E-state index is 14.6. The van der Waals surface area contributed by atoms with Gasteiger partial charge in [0, 0.05) is 24.6 Å². The topological polar surface area (TPSA) is 91.8 Å². The van der Waals surface area contributed by atoms with Crippen LogP contribution in [0.3, 0.4) is 0 Å². The lowest BCUT2D eigenvalue weighted by atomic mass is 9.81. The number of sulfone groups is 1. The van der Waals surface area contributed by atoms with E-state index in [1.54, 1.807) is 0 Å². The number of alkyl halides is 7. The van der Waals surface area contributed by atoms with Crippen molar-refractivity contribution in [2.75, 3.05) is 13.1 Å². The highest BCUT2D eigenvalue weighted by atomic mass is 32.2. The van der Waals surface area contributed by atoms with Gasteiger partial charge in [0.15, 0.2) is 9.84 Å². The van der Waals surface area contributed by atoms with E-state index < -0.39 is 79.1 Å². The normalized spacial score (nSPS) is 24.0. The predicted octanol–water partition coefficient (Wildman–Crippen LogP) is 5.91. The van der Waals surface area contributed by atoms with Crippen molar-refractivity contribution < 1.29 is 58.2 Å². The summed E-state index contributed by atoms with van der Waals surface area (Å²) in [7, 11) is -4.57. The maximum absolute atomic E-state index is 14.6. The third-order valence-corrected chi connectivity index (χ3v) is 10.7. The second-order valence-electron chi connectivity index (χ2n) is 10.6. The molecule has 1 aliphatic heterocycles. The molecule has 2 aromatic carbocycles. The number of carbonyl (C=O) groups excluding carboxylic acids is 1. The second-order valence-corrected chi connectivity index (χ2v) is 12.8. The standard InChI is InChI=1S/C27H25F8NO5S/c28-20-9-11-21(12-10-20)42(40,41)24(13-14-36(15-24)22(37)16-1-3-17(4-2-16)23(38)39)18-5-7-19(8-6-18)25(29,26(30,31)32)27(33,34)35/h5-12,16-17H,1-4,13-15H2,(H,38,39)/t16?,17?,24-/m1/s1. The van der Waals surface area contributed by atoms with Crippen LogP contribution in [0.2, 0.25) is 0 Å². The molecule has 0 radical (unpaired) electrons. The summed E-state index contributed by atoms with van der Waals surface area (Å²) in [6.07, 6.45) is -12.2. The summed E-state index contributed by atoms with van der Waals surface area (Å²) in [5.74, 6) is -3.48. The molecular formula is C27H25F8NO5S. The number of benzene rings is 2. The van der Waals surface area contributed by atoms with E-state index in [1.165, 1.54) is 4.90 Å². The largest absolute Gasteiger partial charge is 0.481 e. The fourth-order valence-corrected chi connectivity index (χ4v) is 7.83. The minimum atomic E-state index is -6.37. The fraction of sp³-hybridized carbons (Fsp3) is 0.481. The Bertz CT molecular complexity index is 1420. The molecule has 0 spiro atoms. The molecule has 15 heteroatoms. The van der Waals surface area contributed by atoms with Gasteiger partial charge >= 0.3 is 24.0 Å². The zero-order valence-corrected chi connectivity index (χ0v) is 22.5. The lowest BCUT2D eigenvalue weighted by Gasteiger charge is -2.33. The van der Waals surface area contributed by atoms with Crippen molar-refractivity contribution in [3.05, 3.63) is 65.5 Å². The Morgan fingerprint density at radius 2 is 1.31 bits per heavy atom. The molecule has 1 N–H and O–H groups in total. The highest BCUT2D eigenvalue weighted by molar-refractivity contribution is 7.92. The van der Waals surface area contributed by atoms with Crippen LogP contribution >= 0.6 is 0 Å². The summed E-state index contributed by atoms with van der Waals surface area (Å²) in [4.78, 5) is 25.4. The molecule has 1 saturated carbocycles. The van der Waals surface area contributed by atoms with Gasteiger partial charge in [-0.3, -0.25) is 9.59 Å². The average Bonchev–Trinajstić information content (AvgIpc) is 3.39. The van der Waals surface area contributed by atoms with E-state index >= 15 is 0 Å². The van der Waals surface area contributed by atoms with Crippen molar-refractivity contribution in [3.63, 3.8) is 0 Å². The molecule has 0 aromatic heterocycles. The quantitative estimate of drug-likeness (QED) is 0.318. The van der Waals surface area contributed by atoms with Gasteiger partial charge in [-0.15, -0.1) is 0 Å². The number of hydrogen-bond acceptors (Lipinski definition) is 4. The summed E-state index contributed by atoms with van der Waals surface area (Å²) in [5.41, 5.74) is -7.82. The highest BCUT2D eigenvalue weighted by Gasteiger charge is 2.73. The van der Waals surface area contributed by atoms with Crippen molar-refractivity contribution in [2.45, 2.75) is 59.8 Å². The van der Waals surface area contributed by atoms with Crippen molar-refractivity contribution >= 4 is 21.7 Å². The van der Waals surface area contributed by atoms with E-state index in [1.807, 2.05) is 0 Å². The molecule has 42 heavy (non-hydrogen) atoms. The SMILES string of the molecule is O=C(O)C1CCC(C(=O)N2CC[C@@](c3ccc(C(F)(C(F)(F)F)C(F)(F)F)cc3)(S(=O)(=O)c3ccc(F)cc3)C2)CC1. The number of carboxylic acid groups (broad SMARTS) is 1. The van der Waals surface area contributed by atoms with Crippen LogP contribution in [0.4, 0.5) is 35.1 Å². The third-order valence-electron chi connectivity index (χ3n) is 8.20. The number of amides is 1. The van der Waals surface area contributed by atoms with Crippen LogP contribution in [0.15, 0.2) is 53.4 Å². The molecule has 1 atom stereocenters. The fourth-order valence-electron chi connectivity index (χ4n) is 5.76. The Morgan fingerprint density at radius 1 is 0.810 bits per heavy atom. The molecule has 1 heterocycles. The van der Waals surface area contributed by atoms with Crippen LogP contribution in [-0.2, 0) is 29.8 Å². The van der Waals surface area contributed by atoms with Crippen LogP contribution in [-0.4, -0.2) is 55.7 Å². The minimum Gasteiger partial charge on any atom is -0.481 e. The maximum Gasteiger partial charge on any atom is 0.435 e. The summed E-state index contributed by atoms with van der Waals surface area (Å²) in [6, 6.07) is 5.35. The number of carboxylic acids is 1. The van der Waals surface area contributed by atoms with Crippen molar-refractivity contribution in [2.24, 2.45) is 11.8 Å². The van der Waals surface area contributed by atoms with Crippen LogP contribution in [0.5, 0.6) is 0 Å². The number of nitrogens with zero attached hydrogens (tertiary/aromatic N) is 1. The van der Waals surface area contributed by atoms with E-state index in [0.717, 1.165) is 24.3 Å². The minimum absolute atomic E-state index is 0.155. The van der Waals surface area contributed by atoms with Crippen LogP contribution in [0.25, 0.3) is 0 Å². The average molecular weight is 628 g/mol. The Hall–Kier alpha value is -3.23. The monoisotopic (exact) mass is 627 g/mol. The molecule has 2 aromatic rings. The van der Waals surface area contributed by atoms with E-state index in [4.69, 9.17) is 0 Å². The number of aliphatic carboxylic acids is 1. The van der Waals surface area contributed by atoms with Crippen LogP contribution < -0.4 is 0 Å². The van der Waals surface area contributed by atoms with Crippen LogP contribution in [0.1, 0.15) is 43.2 Å². The zero-order chi connectivity index (χ0) is 31.3. The first-order valence-corrected chi connectivity index (χ1v) is 14.3. The van der Waals surface area contributed by atoms with E-state index in [2.05, 4.69) is 0 Å². The van der Waals surface area contributed by atoms with Gasteiger partial charge in [0.05, 0.1) is 10.8 Å². The molecule has 2 aliphatic rings. The summed E-state index contributed by atoms with van der Waals surface area (Å²) in [6.45, 7) is -0.693. The lowest BCUT2D eigenvalue weighted by Crippen LogP contribution is -2.50. The molecule has 4 rings (SSSR count). The number of halogens is 8. The number of rotatable bonds is 6. The van der Waals surface area contributed by atoms with Crippen molar-refractivity contribution in [3.8, 4) is 0 Å². The van der Waals surface area contributed by atoms with Gasteiger partial charge in [0.1, 0.15) is 10.6 Å². The number of carbonyl (C=O) groups is 2. The van der Waals surface area contributed by atoms with Gasteiger partial charge in [0.25, 0.3) is 0 Å². The predicted molar refractivity (Wildman–Crippen MR) is 131 cm³/mol. The number of likely N-dealkylation sites (tertiary alicyclic amines) is 1. The van der Waals surface area contributed by atoms with Gasteiger partial charge < -0.3 is 10.0 Å². The molecule has 0 bridgehead atoms. The van der Waals surface area contributed by atoms with Gasteiger partial charge in [-0.25, -0.2) is 17.2 Å². The molecule has 1 amide bonds. The first-order chi connectivity index (χ1) is 19.3. The van der Waals surface area contributed by atoms with Gasteiger partial charge in [-0.2, -0.15) is 26.3 Å². The van der Waals surface area contributed by atoms with E-state index in [9.17, 15) is 58.2 Å². The van der Waals surface area contributed by atoms with Gasteiger partial charge in [0.2, 0.25) is 5.91 Å². The Morgan fingerprint density at radius 3 is 1.79 bits per heavy atom. The van der Waals surface area contributed by atoms with E-state index in [0.29, 0.717) is 12.1 Å². The third kappa shape index (κ3) is 5.24. The molecular weight excluding hydrogens is 602 g/mol. The van der Waals surface area contributed by atoms with Gasteiger partial charge in [-0.1, -0.05) is 24.3 Å². The summed E-state index contributed by atoms with van der Waals surface area (Å²) in [5, 5.41) is 9.21. The Kier molecular flexibility index (Phi) is 8.15. The molecule has 1 aliphatic carbocycles. The first kappa shape index (κ1) is 31.7. The Labute approximate surface area is 235 Å². The lowest BCUT2D eigenvalue weighted by molar-refractivity contribution is -0.348. The second kappa shape index (κ2) is 10.8. The molecule has 0 unspecified atom stereocenters. The first-order valence-electron chi connectivity index (χ1n) is 12.8. The molecule has 6 nitrogen and oxygen atoms in total. The van der Waals surface area contributed by atoms with Crippen molar-refractivity contribution in [1.29, 1.82) is 0 Å². The molecule has 230 valence electrons. The number of hydrogen-bond donors (Lipinski definition) is 1. The smallest absolute Gasteiger partial charge is 0.435 e. The zero-order valence-electron chi connectivity index (χ0n) is 21.7. The highest BCUT2D eigenvalue weighted by Crippen LogP contribution is 2.54. The van der Waals surface area contributed by atoms with Crippen molar-refractivity contribution in [1.82, 2.24) is 4.90 Å². The molecule has 2 fully saturated rings. The van der Waals surface area contributed by atoms with E-state index in [-0.39, 0.29) is 56.3 Å². The Balaban J connectivity index is 1.74. The molecule has 1 saturated heterocycles. The summed E-state index contributed by atoms with van der Waals surface area (Å²) < 4.78 is 134. The van der Waals surface area contributed by atoms with Gasteiger partial charge in [-0.05, 0) is 61.9 Å². The van der Waals surface area contributed by atoms with Crippen LogP contribution in [0, 0.1) is 17.7 Å².